The quantitative estimate of drug-likeness (QED) is 0.795. The Hall–Kier alpha value is 0.270. The van der Waals surface area contributed by atoms with Gasteiger partial charge in [0.05, 0.1) is 0 Å². The topological polar surface area (TPSA) is 32.3 Å². The normalized spacial score (nSPS) is 34.1. The largest absolute Gasteiger partial charge is 0.396 e. The molecule has 2 rings (SSSR count). The second kappa shape index (κ2) is 5.74. The van der Waals surface area contributed by atoms with E-state index in [1.807, 2.05) is 0 Å². The second-order valence-corrected chi connectivity index (χ2v) is 7.06. The van der Waals surface area contributed by atoms with Crippen molar-refractivity contribution < 1.29 is 5.11 Å². The maximum Gasteiger partial charge on any atom is 0.0499 e. The Morgan fingerprint density at radius 3 is 2.62 bits per heavy atom. The van der Waals surface area contributed by atoms with E-state index in [9.17, 15) is 5.11 Å². The Balaban J connectivity index is 1.82. The van der Waals surface area contributed by atoms with E-state index in [4.69, 9.17) is 0 Å². The van der Waals surface area contributed by atoms with Crippen molar-refractivity contribution in [3.05, 3.63) is 0 Å². The van der Waals surface area contributed by atoms with Gasteiger partial charge in [-0.15, -0.1) is 0 Å². The molecule has 0 aromatic heterocycles. The fourth-order valence-corrected chi connectivity index (χ4v) is 4.27. The maximum atomic E-state index is 9.64. The van der Waals surface area contributed by atoms with Crippen LogP contribution in [0.5, 0.6) is 0 Å². The van der Waals surface area contributed by atoms with Gasteiger partial charge in [0.25, 0.3) is 0 Å². The molecule has 2 fully saturated rings. The van der Waals surface area contributed by atoms with E-state index in [-0.39, 0.29) is 5.41 Å². The van der Waals surface area contributed by atoms with Crippen LogP contribution in [0, 0.1) is 5.41 Å². The molecule has 2 aliphatic rings. The molecular weight excluding hydrogens is 218 g/mol. The Morgan fingerprint density at radius 1 is 1.31 bits per heavy atom. The summed E-state index contributed by atoms with van der Waals surface area (Å²) in [7, 11) is 0. The molecule has 0 bridgehead atoms. The van der Waals surface area contributed by atoms with Gasteiger partial charge in [-0.05, 0) is 25.0 Å². The van der Waals surface area contributed by atoms with Crippen molar-refractivity contribution in [1.82, 2.24) is 5.32 Å². The molecule has 2 N–H and O–H groups in total. The van der Waals surface area contributed by atoms with E-state index in [0.717, 1.165) is 11.8 Å². The van der Waals surface area contributed by atoms with Crippen LogP contribution in [-0.4, -0.2) is 35.3 Å². The highest BCUT2D eigenvalue weighted by Gasteiger charge is 2.33. The highest BCUT2D eigenvalue weighted by atomic mass is 32.2. The first-order chi connectivity index (χ1) is 7.76. The van der Waals surface area contributed by atoms with Gasteiger partial charge in [-0.2, -0.15) is 11.8 Å². The summed E-state index contributed by atoms with van der Waals surface area (Å²) in [5, 5.41) is 14.1. The van der Waals surface area contributed by atoms with Crippen molar-refractivity contribution in [2.24, 2.45) is 5.41 Å². The van der Waals surface area contributed by atoms with Crippen LogP contribution in [0.15, 0.2) is 0 Å². The van der Waals surface area contributed by atoms with Crippen LogP contribution in [0.25, 0.3) is 0 Å². The summed E-state index contributed by atoms with van der Waals surface area (Å²) in [5.74, 6) is 1.30. The molecule has 3 heteroatoms. The highest BCUT2D eigenvalue weighted by Crippen LogP contribution is 2.36. The lowest BCUT2D eigenvalue weighted by atomic mass is 9.74. The summed E-state index contributed by atoms with van der Waals surface area (Å²) >= 11 is 2.07. The second-order valence-electron chi connectivity index (χ2n) is 5.57. The predicted octanol–water partition coefficient (Wildman–Crippen LogP) is 2.41. The molecule has 1 aliphatic heterocycles. The molecule has 94 valence electrons. The SMILES string of the molecule is CC1SCCC1NCC1(CO)CCCCC1. The first-order valence-corrected chi connectivity index (χ1v) is 7.76. The lowest BCUT2D eigenvalue weighted by Gasteiger charge is -2.37. The Morgan fingerprint density at radius 2 is 2.06 bits per heavy atom. The fourth-order valence-electron chi connectivity index (χ4n) is 3.04. The van der Waals surface area contributed by atoms with Crippen LogP contribution in [0.3, 0.4) is 0 Å². The number of rotatable bonds is 4. The van der Waals surface area contributed by atoms with Gasteiger partial charge >= 0.3 is 0 Å². The molecule has 0 aromatic rings. The van der Waals surface area contributed by atoms with Gasteiger partial charge in [0, 0.05) is 29.9 Å². The van der Waals surface area contributed by atoms with Crippen LogP contribution >= 0.6 is 11.8 Å². The smallest absolute Gasteiger partial charge is 0.0499 e. The third kappa shape index (κ3) is 2.93. The molecule has 1 saturated carbocycles. The van der Waals surface area contributed by atoms with Crippen molar-refractivity contribution in [2.45, 2.75) is 56.7 Å². The molecule has 2 unspecified atom stereocenters. The molecule has 0 amide bonds. The molecule has 2 nitrogen and oxygen atoms in total. The number of nitrogens with one attached hydrogen (secondary N) is 1. The number of hydrogen-bond donors (Lipinski definition) is 2. The average molecular weight is 243 g/mol. The van der Waals surface area contributed by atoms with E-state index in [2.05, 4.69) is 24.0 Å². The zero-order valence-electron chi connectivity index (χ0n) is 10.4. The molecule has 0 spiro atoms. The summed E-state index contributed by atoms with van der Waals surface area (Å²) in [6, 6.07) is 0.676. The minimum atomic E-state index is 0.200. The van der Waals surface area contributed by atoms with Crippen LogP contribution in [-0.2, 0) is 0 Å². The van der Waals surface area contributed by atoms with Gasteiger partial charge in [-0.3, -0.25) is 0 Å². The monoisotopic (exact) mass is 243 g/mol. The molecule has 16 heavy (non-hydrogen) atoms. The summed E-state index contributed by atoms with van der Waals surface area (Å²) in [6.07, 6.45) is 7.69. The van der Waals surface area contributed by atoms with Crippen molar-refractivity contribution in [2.75, 3.05) is 18.9 Å². The molecule has 0 aromatic carbocycles. The molecule has 1 aliphatic carbocycles. The highest BCUT2D eigenvalue weighted by molar-refractivity contribution is 8.00. The van der Waals surface area contributed by atoms with Crippen molar-refractivity contribution in [3.8, 4) is 0 Å². The average Bonchev–Trinajstić information content (AvgIpc) is 2.74. The minimum Gasteiger partial charge on any atom is -0.396 e. The third-order valence-corrected chi connectivity index (χ3v) is 5.69. The van der Waals surface area contributed by atoms with E-state index >= 15 is 0 Å². The van der Waals surface area contributed by atoms with Gasteiger partial charge in [0.15, 0.2) is 0 Å². The van der Waals surface area contributed by atoms with E-state index in [1.165, 1.54) is 44.3 Å². The first-order valence-electron chi connectivity index (χ1n) is 6.72. The molecule has 0 radical (unpaired) electrons. The number of hydrogen-bond acceptors (Lipinski definition) is 3. The summed E-state index contributed by atoms with van der Waals surface area (Å²) in [6.45, 7) is 3.72. The first kappa shape index (κ1) is 12.7. The van der Waals surface area contributed by atoms with Crippen molar-refractivity contribution in [3.63, 3.8) is 0 Å². The van der Waals surface area contributed by atoms with Crippen LogP contribution < -0.4 is 5.32 Å². The molecule has 1 saturated heterocycles. The van der Waals surface area contributed by atoms with Gasteiger partial charge in [-0.1, -0.05) is 26.2 Å². The number of aliphatic hydroxyl groups excluding tert-OH is 1. The van der Waals surface area contributed by atoms with Crippen molar-refractivity contribution in [1.29, 1.82) is 0 Å². The van der Waals surface area contributed by atoms with Gasteiger partial charge < -0.3 is 10.4 Å². The van der Waals surface area contributed by atoms with Crippen LogP contribution in [0.4, 0.5) is 0 Å². The third-order valence-electron chi connectivity index (χ3n) is 4.37. The number of aliphatic hydroxyl groups is 1. The summed E-state index contributed by atoms with van der Waals surface area (Å²) in [5.41, 5.74) is 0.200. The summed E-state index contributed by atoms with van der Waals surface area (Å²) in [4.78, 5) is 0. The van der Waals surface area contributed by atoms with E-state index < -0.39 is 0 Å². The molecular formula is C13H25NOS. The maximum absolute atomic E-state index is 9.64. The zero-order chi connectivity index (χ0) is 11.4. The zero-order valence-corrected chi connectivity index (χ0v) is 11.2. The Kier molecular flexibility index (Phi) is 4.57. The summed E-state index contributed by atoms with van der Waals surface area (Å²) < 4.78 is 0. The standard InChI is InChI=1S/C13H25NOS/c1-11-12(5-8-16-11)14-9-13(10-15)6-3-2-4-7-13/h11-12,14-15H,2-10H2,1H3. The minimum absolute atomic E-state index is 0.200. The van der Waals surface area contributed by atoms with Crippen molar-refractivity contribution >= 4 is 11.8 Å². The Labute approximate surface area is 104 Å². The van der Waals surface area contributed by atoms with E-state index in [1.54, 1.807) is 0 Å². The fraction of sp³-hybridized carbons (Fsp3) is 1.00. The Bertz CT molecular complexity index is 216. The van der Waals surface area contributed by atoms with E-state index in [0.29, 0.717) is 12.6 Å². The number of thioether (sulfide) groups is 1. The van der Waals surface area contributed by atoms with Crippen LogP contribution in [0.1, 0.15) is 45.4 Å². The lowest BCUT2D eigenvalue weighted by Crippen LogP contribution is -2.44. The van der Waals surface area contributed by atoms with Gasteiger partial charge in [0.2, 0.25) is 0 Å². The van der Waals surface area contributed by atoms with Gasteiger partial charge in [0.1, 0.15) is 0 Å². The molecule has 2 atom stereocenters. The van der Waals surface area contributed by atoms with Gasteiger partial charge in [-0.25, -0.2) is 0 Å². The molecule has 1 heterocycles. The van der Waals surface area contributed by atoms with Crippen LogP contribution in [0.2, 0.25) is 0 Å². The lowest BCUT2D eigenvalue weighted by molar-refractivity contribution is 0.0784. The predicted molar refractivity (Wildman–Crippen MR) is 70.9 cm³/mol.